The first-order valence-electron chi connectivity index (χ1n) is 8.05. The van der Waals surface area contributed by atoms with Crippen LogP contribution in [0.2, 0.25) is 0 Å². The molecule has 1 nitrogen and oxygen atoms in total. The lowest BCUT2D eigenvalue weighted by atomic mass is 9.83. The van der Waals surface area contributed by atoms with Gasteiger partial charge in [-0.15, -0.1) is 0 Å². The second-order valence-corrected chi connectivity index (χ2v) is 6.81. The summed E-state index contributed by atoms with van der Waals surface area (Å²) in [7, 11) is 0. The van der Waals surface area contributed by atoms with Gasteiger partial charge in [0.05, 0.1) is 0 Å². The Morgan fingerprint density at radius 1 is 0.905 bits per heavy atom. The third-order valence-electron chi connectivity index (χ3n) is 4.79. The van der Waals surface area contributed by atoms with Crippen LogP contribution in [0.25, 0.3) is 21.8 Å². The van der Waals surface area contributed by atoms with Crippen molar-refractivity contribution in [2.45, 2.75) is 47.1 Å². The van der Waals surface area contributed by atoms with Gasteiger partial charge in [0.15, 0.2) is 0 Å². The summed E-state index contributed by atoms with van der Waals surface area (Å²) in [5.74, 6) is 0. The second-order valence-electron chi connectivity index (χ2n) is 6.81. The summed E-state index contributed by atoms with van der Waals surface area (Å²) in [4.78, 5) is 0. The van der Waals surface area contributed by atoms with Crippen LogP contribution < -0.4 is 0 Å². The maximum atomic E-state index is 2.42. The van der Waals surface area contributed by atoms with Crippen molar-refractivity contribution < 1.29 is 0 Å². The molecule has 0 aliphatic rings. The van der Waals surface area contributed by atoms with Crippen LogP contribution in [0.15, 0.2) is 42.5 Å². The van der Waals surface area contributed by atoms with Gasteiger partial charge in [-0.2, -0.15) is 0 Å². The summed E-state index contributed by atoms with van der Waals surface area (Å²) in [6.07, 6.45) is 2.35. The molecule has 1 aromatic heterocycles. The second kappa shape index (κ2) is 5.22. The van der Waals surface area contributed by atoms with Crippen LogP contribution >= 0.6 is 0 Å². The number of fused-ring (bicyclic) bond motifs is 3. The van der Waals surface area contributed by atoms with Gasteiger partial charge in [0.2, 0.25) is 0 Å². The number of benzene rings is 2. The number of aromatic nitrogens is 1. The summed E-state index contributed by atoms with van der Waals surface area (Å²) in [5.41, 5.74) is 4.53. The van der Waals surface area contributed by atoms with Crippen molar-refractivity contribution in [3.05, 3.63) is 48.0 Å². The van der Waals surface area contributed by atoms with Crippen molar-refractivity contribution in [3.8, 4) is 0 Å². The van der Waals surface area contributed by atoms with Crippen LogP contribution in [0.4, 0.5) is 0 Å². The van der Waals surface area contributed by atoms with Crippen molar-refractivity contribution in [1.82, 2.24) is 4.57 Å². The van der Waals surface area contributed by atoms with E-state index < -0.39 is 0 Å². The Labute approximate surface area is 127 Å². The number of rotatable bonds is 4. The minimum absolute atomic E-state index is 0.372. The fourth-order valence-corrected chi connectivity index (χ4v) is 3.23. The highest BCUT2D eigenvalue weighted by Gasteiger charge is 2.17. The van der Waals surface area contributed by atoms with E-state index in [1.165, 1.54) is 33.8 Å². The zero-order valence-corrected chi connectivity index (χ0v) is 13.6. The molecule has 0 bridgehead atoms. The lowest BCUT2D eigenvalue weighted by molar-refractivity contribution is 0.349. The summed E-state index contributed by atoms with van der Waals surface area (Å²) >= 11 is 0. The molecule has 0 saturated heterocycles. The fraction of sp³-hybridized carbons (Fsp3) is 0.400. The van der Waals surface area contributed by atoms with E-state index in [0.29, 0.717) is 5.41 Å². The third kappa shape index (κ3) is 2.46. The molecule has 0 radical (unpaired) electrons. The van der Waals surface area contributed by atoms with Crippen LogP contribution in [-0.2, 0) is 13.0 Å². The standard InChI is InChI=1S/C20H25N/c1-5-20(3,4)14-15-11-12-19-17(13-15)16-9-7-8-10-18(16)21(19)6-2/h7-13H,5-6,14H2,1-4H3. The molecule has 0 N–H and O–H groups in total. The van der Waals surface area contributed by atoms with E-state index in [1.807, 2.05) is 0 Å². The minimum Gasteiger partial charge on any atom is -0.341 e. The topological polar surface area (TPSA) is 4.93 Å². The monoisotopic (exact) mass is 279 g/mol. The average molecular weight is 279 g/mol. The Morgan fingerprint density at radius 3 is 2.33 bits per heavy atom. The Morgan fingerprint density at radius 2 is 1.62 bits per heavy atom. The van der Waals surface area contributed by atoms with Gasteiger partial charge in [-0.1, -0.05) is 51.5 Å². The highest BCUT2D eigenvalue weighted by molar-refractivity contribution is 6.08. The SMILES string of the molecule is CCn1c2ccccc2c2cc(CC(C)(C)CC)ccc21. The smallest absolute Gasteiger partial charge is 0.0491 e. The van der Waals surface area contributed by atoms with Gasteiger partial charge in [-0.05, 0) is 42.5 Å². The molecule has 0 fully saturated rings. The highest BCUT2D eigenvalue weighted by atomic mass is 15.0. The maximum absolute atomic E-state index is 2.42. The number of hydrogen-bond acceptors (Lipinski definition) is 0. The quantitative estimate of drug-likeness (QED) is 0.569. The van der Waals surface area contributed by atoms with Gasteiger partial charge in [-0.3, -0.25) is 0 Å². The first-order chi connectivity index (χ1) is 10.1. The molecule has 0 spiro atoms. The van der Waals surface area contributed by atoms with Crippen LogP contribution in [0, 0.1) is 5.41 Å². The molecular weight excluding hydrogens is 254 g/mol. The Balaban J connectivity index is 2.20. The van der Waals surface area contributed by atoms with Crippen molar-refractivity contribution in [2.75, 3.05) is 0 Å². The largest absolute Gasteiger partial charge is 0.341 e. The van der Waals surface area contributed by atoms with Gasteiger partial charge in [0.25, 0.3) is 0 Å². The summed E-state index contributed by atoms with van der Waals surface area (Å²) in [6.45, 7) is 10.2. The molecule has 21 heavy (non-hydrogen) atoms. The first kappa shape index (κ1) is 14.2. The normalized spacial score (nSPS) is 12.4. The number of hydrogen-bond donors (Lipinski definition) is 0. The van der Waals surface area contributed by atoms with Gasteiger partial charge in [0, 0.05) is 28.4 Å². The predicted molar refractivity (Wildman–Crippen MR) is 92.9 cm³/mol. The fourth-order valence-electron chi connectivity index (χ4n) is 3.23. The maximum Gasteiger partial charge on any atom is 0.0491 e. The molecule has 0 saturated carbocycles. The zero-order chi connectivity index (χ0) is 15.0. The van der Waals surface area contributed by atoms with Crippen LogP contribution in [0.3, 0.4) is 0 Å². The van der Waals surface area contributed by atoms with Gasteiger partial charge < -0.3 is 4.57 Å². The molecule has 2 aromatic carbocycles. The lowest BCUT2D eigenvalue weighted by Crippen LogP contribution is -2.13. The van der Waals surface area contributed by atoms with Gasteiger partial charge >= 0.3 is 0 Å². The predicted octanol–water partition coefficient (Wildman–Crippen LogP) is 5.79. The van der Waals surface area contributed by atoms with Crippen LogP contribution in [0.5, 0.6) is 0 Å². The van der Waals surface area contributed by atoms with E-state index in [4.69, 9.17) is 0 Å². The molecule has 3 aromatic rings. The molecule has 0 atom stereocenters. The number of nitrogens with zero attached hydrogens (tertiary/aromatic N) is 1. The molecule has 0 amide bonds. The highest BCUT2D eigenvalue weighted by Crippen LogP contribution is 2.32. The zero-order valence-electron chi connectivity index (χ0n) is 13.6. The number of para-hydroxylation sites is 1. The molecule has 0 aliphatic carbocycles. The average Bonchev–Trinajstić information content (AvgIpc) is 2.80. The summed E-state index contributed by atoms with van der Waals surface area (Å²) < 4.78 is 2.42. The molecule has 0 unspecified atom stereocenters. The van der Waals surface area contributed by atoms with E-state index >= 15 is 0 Å². The summed E-state index contributed by atoms with van der Waals surface area (Å²) in [6, 6.07) is 15.8. The van der Waals surface area contributed by atoms with Crippen LogP contribution in [-0.4, -0.2) is 4.57 Å². The van der Waals surface area contributed by atoms with Gasteiger partial charge in [0.1, 0.15) is 0 Å². The van der Waals surface area contributed by atoms with Crippen molar-refractivity contribution >= 4 is 21.8 Å². The van der Waals surface area contributed by atoms with Crippen molar-refractivity contribution in [3.63, 3.8) is 0 Å². The lowest BCUT2D eigenvalue weighted by Gasteiger charge is -2.22. The van der Waals surface area contributed by atoms with E-state index in [-0.39, 0.29) is 0 Å². The van der Waals surface area contributed by atoms with E-state index in [9.17, 15) is 0 Å². The molecule has 0 aliphatic heterocycles. The van der Waals surface area contributed by atoms with Gasteiger partial charge in [-0.25, -0.2) is 0 Å². The Kier molecular flexibility index (Phi) is 3.52. The third-order valence-corrected chi connectivity index (χ3v) is 4.79. The van der Waals surface area contributed by atoms with E-state index in [2.05, 4.69) is 74.7 Å². The Bertz CT molecular complexity index is 777. The minimum atomic E-state index is 0.372. The molecule has 3 rings (SSSR count). The van der Waals surface area contributed by atoms with E-state index in [0.717, 1.165) is 13.0 Å². The first-order valence-corrected chi connectivity index (χ1v) is 8.05. The van der Waals surface area contributed by atoms with E-state index in [1.54, 1.807) is 0 Å². The molecular formula is C20H25N. The van der Waals surface area contributed by atoms with Crippen LogP contribution in [0.1, 0.15) is 39.7 Å². The molecule has 110 valence electrons. The van der Waals surface area contributed by atoms with Crippen molar-refractivity contribution in [1.29, 1.82) is 0 Å². The Hall–Kier alpha value is -1.76. The van der Waals surface area contributed by atoms with Crippen molar-refractivity contribution in [2.24, 2.45) is 5.41 Å². The number of aryl methyl sites for hydroxylation is 1. The molecule has 1 heteroatoms. The molecule has 1 heterocycles. The summed E-state index contributed by atoms with van der Waals surface area (Å²) in [5, 5.41) is 2.78.